The smallest absolute Gasteiger partial charge is 0.338 e. The van der Waals surface area contributed by atoms with Gasteiger partial charge < -0.3 is 9.52 Å². The second kappa shape index (κ2) is 3.94. The first-order chi connectivity index (χ1) is 9.06. The lowest BCUT2D eigenvalue weighted by Gasteiger charge is -1.92. The van der Waals surface area contributed by atoms with E-state index in [2.05, 4.69) is 10.1 Å². The molecule has 6 nitrogen and oxygen atoms in total. The second-order valence-electron chi connectivity index (χ2n) is 4.28. The molecule has 0 aliphatic rings. The van der Waals surface area contributed by atoms with Crippen molar-refractivity contribution in [2.45, 2.75) is 6.92 Å². The van der Waals surface area contributed by atoms with Crippen LogP contribution in [0.15, 0.2) is 28.8 Å². The number of aromatic carboxylic acids is 1. The van der Waals surface area contributed by atoms with E-state index in [9.17, 15) is 4.79 Å². The first kappa shape index (κ1) is 11.5. The van der Waals surface area contributed by atoms with Gasteiger partial charge in [0.25, 0.3) is 0 Å². The molecule has 0 aliphatic heterocycles. The van der Waals surface area contributed by atoms with Crippen molar-refractivity contribution in [1.82, 2.24) is 14.8 Å². The van der Waals surface area contributed by atoms with Gasteiger partial charge in [-0.3, -0.25) is 4.68 Å². The highest BCUT2D eigenvalue weighted by Crippen LogP contribution is 2.27. The van der Waals surface area contributed by atoms with E-state index in [1.807, 2.05) is 14.0 Å². The summed E-state index contributed by atoms with van der Waals surface area (Å²) in [4.78, 5) is 15.4. The molecule has 0 saturated carbocycles. The predicted molar refractivity (Wildman–Crippen MR) is 67.9 cm³/mol. The Morgan fingerprint density at radius 3 is 2.84 bits per heavy atom. The fourth-order valence-corrected chi connectivity index (χ4v) is 2.05. The summed E-state index contributed by atoms with van der Waals surface area (Å²) in [5.74, 6) is -0.636. The lowest BCUT2D eigenvalue weighted by atomic mass is 10.2. The van der Waals surface area contributed by atoms with Gasteiger partial charge in [0.15, 0.2) is 5.58 Å². The van der Waals surface area contributed by atoms with Crippen LogP contribution in [0.5, 0.6) is 0 Å². The zero-order valence-corrected chi connectivity index (χ0v) is 10.4. The normalized spacial score (nSPS) is 11.1. The molecule has 6 heteroatoms. The molecule has 2 heterocycles. The summed E-state index contributed by atoms with van der Waals surface area (Å²) < 4.78 is 7.28. The average Bonchev–Trinajstić information content (AvgIpc) is 2.91. The molecule has 0 spiro atoms. The van der Waals surface area contributed by atoms with Crippen LogP contribution in [0.3, 0.4) is 0 Å². The predicted octanol–water partition coefficient (Wildman–Crippen LogP) is 2.23. The molecular formula is C13H11N3O3. The highest BCUT2D eigenvalue weighted by Gasteiger charge is 2.17. The number of hydrogen-bond acceptors (Lipinski definition) is 4. The van der Waals surface area contributed by atoms with E-state index in [4.69, 9.17) is 9.52 Å². The van der Waals surface area contributed by atoms with Crippen molar-refractivity contribution in [2.75, 3.05) is 0 Å². The summed E-state index contributed by atoms with van der Waals surface area (Å²) in [5, 5.41) is 13.3. The number of oxazole rings is 1. The van der Waals surface area contributed by atoms with E-state index in [0.717, 1.165) is 11.3 Å². The molecule has 96 valence electrons. The summed E-state index contributed by atoms with van der Waals surface area (Å²) >= 11 is 0. The van der Waals surface area contributed by atoms with E-state index in [0.29, 0.717) is 17.0 Å². The summed E-state index contributed by atoms with van der Waals surface area (Å²) in [7, 11) is 1.81. The first-order valence-corrected chi connectivity index (χ1v) is 5.69. The number of aryl methyl sites for hydroxylation is 2. The minimum atomic E-state index is -1.02. The Morgan fingerprint density at radius 2 is 2.21 bits per heavy atom. The number of fused-ring (bicyclic) bond motifs is 1. The van der Waals surface area contributed by atoms with E-state index < -0.39 is 5.97 Å². The molecule has 0 aliphatic carbocycles. The van der Waals surface area contributed by atoms with Crippen LogP contribution in [-0.2, 0) is 7.05 Å². The van der Waals surface area contributed by atoms with Gasteiger partial charge in [0.05, 0.1) is 16.8 Å². The van der Waals surface area contributed by atoms with Gasteiger partial charge in [-0.05, 0) is 19.1 Å². The minimum Gasteiger partial charge on any atom is -0.478 e. The molecule has 0 fully saturated rings. The van der Waals surface area contributed by atoms with E-state index in [1.54, 1.807) is 23.0 Å². The van der Waals surface area contributed by atoms with Crippen LogP contribution in [-0.4, -0.2) is 25.8 Å². The molecule has 0 unspecified atom stereocenters. The Balaban J connectivity index is 2.25. The third-order valence-corrected chi connectivity index (χ3v) is 2.89. The first-order valence-electron chi connectivity index (χ1n) is 5.69. The highest BCUT2D eigenvalue weighted by atomic mass is 16.4. The summed E-state index contributed by atoms with van der Waals surface area (Å²) in [6, 6.07) is 4.84. The van der Waals surface area contributed by atoms with Crippen LogP contribution >= 0.6 is 0 Å². The zero-order valence-electron chi connectivity index (χ0n) is 10.4. The third-order valence-electron chi connectivity index (χ3n) is 2.89. The van der Waals surface area contributed by atoms with Crippen molar-refractivity contribution in [1.29, 1.82) is 0 Å². The van der Waals surface area contributed by atoms with Gasteiger partial charge in [0.2, 0.25) is 5.89 Å². The molecule has 1 aromatic carbocycles. The molecule has 0 bridgehead atoms. The van der Waals surface area contributed by atoms with Crippen LogP contribution in [0, 0.1) is 6.92 Å². The number of hydrogen-bond donors (Lipinski definition) is 1. The van der Waals surface area contributed by atoms with Crippen molar-refractivity contribution in [3.63, 3.8) is 0 Å². The quantitative estimate of drug-likeness (QED) is 0.761. The van der Waals surface area contributed by atoms with Crippen molar-refractivity contribution >= 4 is 17.1 Å². The van der Waals surface area contributed by atoms with Crippen molar-refractivity contribution in [3.8, 4) is 11.5 Å². The topological polar surface area (TPSA) is 81.2 Å². The number of carboxylic acid groups (broad SMARTS) is 1. The standard InChI is InChI=1S/C13H11N3O3/c1-7-9(6-16(2)15-7)12-14-11-8(13(17)18)4-3-5-10(11)19-12/h3-6H,1-2H3,(H,17,18). The lowest BCUT2D eigenvalue weighted by molar-refractivity contribution is 0.0699. The fraction of sp³-hybridized carbons (Fsp3) is 0.154. The Morgan fingerprint density at radius 1 is 1.42 bits per heavy atom. The molecule has 3 rings (SSSR count). The van der Waals surface area contributed by atoms with Crippen LogP contribution in [0.2, 0.25) is 0 Å². The van der Waals surface area contributed by atoms with Gasteiger partial charge in [-0.25, -0.2) is 9.78 Å². The Bertz CT molecular complexity index is 786. The summed E-state index contributed by atoms with van der Waals surface area (Å²) in [6.45, 7) is 1.85. The number of rotatable bonds is 2. The molecule has 1 N–H and O–H groups in total. The molecule has 0 amide bonds. The number of carboxylic acids is 1. The molecular weight excluding hydrogens is 246 g/mol. The van der Waals surface area contributed by atoms with Gasteiger partial charge in [0, 0.05) is 13.2 Å². The minimum absolute atomic E-state index is 0.133. The van der Waals surface area contributed by atoms with Crippen LogP contribution in [0.1, 0.15) is 16.1 Å². The Hall–Kier alpha value is -2.63. The summed E-state index contributed by atoms with van der Waals surface area (Å²) in [5.41, 5.74) is 2.49. The maximum Gasteiger partial charge on any atom is 0.338 e. The SMILES string of the molecule is Cc1nn(C)cc1-c1nc2c(C(=O)O)cccc2o1. The molecule has 0 radical (unpaired) electrons. The largest absolute Gasteiger partial charge is 0.478 e. The van der Waals surface area contributed by atoms with Crippen LogP contribution in [0.4, 0.5) is 0 Å². The summed E-state index contributed by atoms with van der Waals surface area (Å²) in [6.07, 6.45) is 1.79. The van der Waals surface area contributed by atoms with Gasteiger partial charge in [-0.1, -0.05) is 6.07 Å². The Labute approximate surface area is 108 Å². The zero-order chi connectivity index (χ0) is 13.6. The molecule has 19 heavy (non-hydrogen) atoms. The number of nitrogens with zero attached hydrogens (tertiary/aromatic N) is 3. The van der Waals surface area contributed by atoms with Gasteiger partial charge in [-0.15, -0.1) is 0 Å². The number of benzene rings is 1. The molecule has 0 saturated heterocycles. The molecule has 0 atom stereocenters. The van der Waals surface area contributed by atoms with E-state index >= 15 is 0 Å². The van der Waals surface area contributed by atoms with E-state index in [-0.39, 0.29) is 5.56 Å². The van der Waals surface area contributed by atoms with E-state index in [1.165, 1.54) is 6.07 Å². The molecule has 2 aromatic heterocycles. The fourth-order valence-electron chi connectivity index (χ4n) is 2.05. The lowest BCUT2D eigenvalue weighted by Crippen LogP contribution is -1.96. The number of carbonyl (C=O) groups is 1. The maximum atomic E-state index is 11.1. The van der Waals surface area contributed by atoms with Crippen LogP contribution in [0.25, 0.3) is 22.6 Å². The molecule has 3 aromatic rings. The third kappa shape index (κ3) is 1.77. The monoisotopic (exact) mass is 257 g/mol. The average molecular weight is 257 g/mol. The van der Waals surface area contributed by atoms with Crippen molar-refractivity contribution < 1.29 is 14.3 Å². The van der Waals surface area contributed by atoms with Gasteiger partial charge in [0.1, 0.15) is 5.52 Å². The number of para-hydroxylation sites is 1. The van der Waals surface area contributed by atoms with Crippen LogP contribution < -0.4 is 0 Å². The van der Waals surface area contributed by atoms with Gasteiger partial charge >= 0.3 is 5.97 Å². The second-order valence-corrected chi connectivity index (χ2v) is 4.28. The van der Waals surface area contributed by atoms with Crippen molar-refractivity contribution in [3.05, 3.63) is 35.7 Å². The highest BCUT2D eigenvalue weighted by molar-refractivity contribution is 6.00. The Kier molecular flexibility index (Phi) is 2.38. The van der Waals surface area contributed by atoms with Gasteiger partial charge in [-0.2, -0.15) is 5.10 Å². The maximum absolute atomic E-state index is 11.1. The van der Waals surface area contributed by atoms with Crippen molar-refractivity contribution in [2.24, 2.45) is 7.05 Å². The number of aromatic nitrogens is 3.